The fourth-order valence-corrected chi connectivity index (χ4v) is 2.03. The molecule has 0 saturated carbocycles. The van der Waals surface area contributed by atoms with E-state index in [1.54, 1.807) is 24.1 Å². The molecule has 1 aliphatic rings. The van der Waals surface area contributed by atoms with Crippen LogP contribution in [0.15, 0.2) is 27.4 Å². The van der Waals surface area contributed by atoms with E-state index in [-0.39, 0.29) is 12.1 Å². The van der Waals surface area contributed by atoms with E-state index in [1.807, 2.05) is 6.07 Å². The van der Waals surface area contributed by atoms with E-state index >= 15 is 0 Å². The molecule has 1 aromatic heterocycles. The van der Waals surface area contributed by atoms with Gasteiger partial charge in [0, 0.05) is 13.6 Å². The number of carbonyl (C=O) groups is 1. The number of rotatable bonds is 1. The van der Waals surface area contributed by atoms with Crippen LogP contribution in [-0.4, -0.2) is 29.5 Å². The van der Waals surface area contributed by atoms with Crippen molar-refractivity contribution in [2.24, 2.45) is 0 Å². The van der Waals surface area contributed by atoms with Gasteiger partial charge in [-0.25, -0.2) is 9.59 Å². The molecule has 1 aromatic carbocycles. The van der Waals surface area contributed by atoms with E-state index in [2.05, 4.69) is 10.3 Å². The third-order valence-electron chi connectivity index (χ3n) is 2.95. The molecule has 88 valence electrons. The third-order valence-corrected chi connectivity index (χ3v) is 2.95. The van der Waals surface area contributed by atoms with Crippen LogP contribution in [0.25, 0.3) is 11.1 Å². The molecule has 0 spiro atoms. The van der Waals surface area contributed by atoms with Gasteiger partial charge in [-0.1, -0.05) is 6.07 Å². The van der Waals surface area contributed by atoms with Gasteiger partial charge in [0.05, 0.1) is 11.6 Å². The quantitative estimate of drug-likeness (QED) is 0.765. The highest BCUT2D eigenvalue weighted by Crippen LogP contribution is 2.22. The monoisotopic (exact) mass is 233 g/mol. The number of benzene rings is 1. The summed E-state index contributed by atoms with van der Waals surface area (Å²) >= 11 is 0. The number of hydrogen-bond acceptors (Lipinski definition) is 3. The van der Waals surface area contributed by atoms with Crippen molar-refractivity contribution in [1.82, 2.24) is 15.2 Å². The van der Waals surface area contributed by atoms with Gasteiger partial charge in [-0.05, 0) is 17.7 Å². The Bertz CT molecular complexity index is 643. The van der Waals surface area contributed by atoms with Crippen molar-refractivity contribution in [3.8, 4) is 0 Å². The van der Waals surface area contributed by atoms with Crippen molar-refractivity contribution in [3.63, 3.8) is 0 Å². The minimum Gasteiger partial charge on any atom is -0.408 e. The van der Waals surface area contributed by atoms with Gasteiger partial charge in [0.1, 0.15) is 0 Å². The molecule has 6 nitrogen and oxygen atoms in total. The highest BCUT2D eigenvalue weighted by molar-refractivity contribution is 5.78. The average Bonchev–Trinajstić information content (AvgIpc) is 2.80. The SMILES string of the molecule is CN1CC(c2ccc3[nH]c(=O)oc3c2)NC1=O. The standard InChI is InChI=1S/C11H11N3O3/c1-14-5-8(12-10(14)15)6-2-3-7-9(4-6)17-11(16)13-7/h2-4,8H,5H2,1H3,(H,12,15)(H,13,16). The molecule has 1 aliphatic heterocycles. The number of nitrogens with zero attached hydrogens (tertiary/aromatic N) is 1. The molecule has 2 N–H and O–H groups in total. The minimum atomic E-state index is -0.468. The van der Waals surface area contributed by atoms with Gasteiger partial charge in [0.2, 0.25) is 0 Å². The van der Waals surface area contributed by atoms with E-state index in [9.17, 15) is 9.59 Å². The normalized spacial score (nSPS) is 19.9. The number of fused-ring (bicyclic) bond motifs is 1. The van der Waals surface area contributed by atoms with Crippen molar-refractivity contribution in [2.45, 2.75) is 6.04 Å². The smallest absolute Gasteiger partial charge is 0.408 e. The van der Waals surface area contributed by atoms with Crippen LogP contribution in [0.2, 0.25) is 0 Å². The van der Waals surface area contributed by atoms with Gasteiger partial charge in [-0.2, -0.15) is 0 Å². The van der Waals surface area contributed by atoms with Crippen molar-refractivity contribution < 1.29 is 9.21 Å². The number of carbonyl (C=O) groups excluding carboxylic acids is 1. The van der Waals surface area contributed by atoms with Crippen molar-refractivity contribution >= 4 is 17.1 Å². The van der Waals surface area contributed by atoms with E-state index in [0.717, 1.165) is 5.56 Å². The number of oxazole rings is 1. The van der Waals surface area contributed by atoms with Crippen LogP contribution < -0.4 is 11.1 Å². The molecule has 6 heteroatoms. The molecule has 0 aliphatic carbocycles. The number of urea groups is 1. The molecular weight excluding hydrogens is 222 g/mol. The molecule has 2 heterocycles. The number of aromatic nitrogens is 1. The largest absolute Gasteiger partial charge is 0.417 e. The number of nitrogens with one attached hydrogen (secondary N) is 2. The van der Waals surface area contributed by atoms with Crippen molar-refractivity contribution in [1.29, 1.82) is 0 Å². The zero-order chi connectivity index (χ0) is 12.0. The first kappa shape index (κ1) is 9.95. The van der Waals surface area contributed by atoms with Crippen LogP contribution in [-0.2, 0) is 0 Å². The molecule has 1 saturated heterocycles. The Balaban J connectivity index is 2.01. The molecule has 1 unspecified atom stereocenters. The predicted molar refractivity (Wildman–Crippen MR) is 60.7 cm³/mol. The van der Waals surface area contributed by atoms with Crippen LogP contribution in [0.4, 0.5) is 4.79 Å². The van der Waals surface area contributed by atoms with Crippen LogP contribution in [0, 0.1) is 0 Å². The van der Waals surface area contributed by atoms with Crippen LogP contribution in [0.3, 0.4) is 0 Å². The van der Waals surface area contributed by atoms with Gasteiger partial charge in [-0.3, -0.25) is 4.98 Å². The summed E-state index contributed by atoms with van der Waals surface area (Å²) in [5, 5.41) is 2.85. The number of aromatic amines is 1. The Labute approximate surface area is 96.2 Å². The lowest BCUT2D eigenvalue weighted by Crippen LogP contribution is -2.23. The Morgan fingerprint density at radius 1 is 1.41 bits per heavy atom. The molecule has 0 radical (unpaired) electrons. The highest BCUT2D eigenvalue weighted by atomic mass is 16.4. The fraction of sp³-hybridized carbons (Fsp3) is 0.273. The Kier molecular flexibility index (Phi) is 1.98. The first-order chi connectivity index (χ1) is 8.13. The number of amides is 2. The van der Waals surface area contributed by atoms with E-state index in [1.165, 1.54) is 0 Å². The lowest BCUT2D eigenvalue weighted by atomic mass is 10.1. The lowest BCUT2D eigenvalue weighted by Gasteiger charge is -2.08. The topological polar surface area (TPSA) is 78.3 Å². The molecular formula is C11H11N3O3. The molecule has 0 bridgehead atoms. The van der Waals surface area contributed by atoms with Crippen LogP contribution in [0.5, 0.6) is 0 Å². The maximum Gasteiger partial charge on any atom is 0.417 e. The molecule has 1 atom stereocenters. The highest BCUT2D eigenvalue weighted by Gasteiger charge is 2.27. The maximum absolute atomic E-state index is 11.4. The predicted octanol–water partition coefficient (Wildman–Crippen LogP) is 0.817. The summed E-state index contributed by atoms with van der Waals surface area (Å²) in [5.41, 5.74) is 2.10. The second kappa shape index (κ2) is 3.38. The summed E-state index contributed by atoms with van der Waals surface area (Å²) < 4.78 is 4.98. The summed E-state index contributed by atoms with van der Waals surface area (Å²) in [6, 6.07) is 5.28. The average molecular weight is 233 g/mol. The molecule has 2 aromatic rings. The molecule has 17 heavy (non-hydrogen) atoms. The van der Waals surface area contributed by atoms with Gasteiger partial charge < -0.3 is 14.6 Å². The maximum atomic E-state index is 11.4. The second-order valence-electron chi connectivity index (χ2n) is 4.15. The Hall–Kier alpha value is -2.24. The van der Waals surface area contributed by atoms with Gasteiger partial charge in [0.25, 0.3) is 0 Å². The van der Waals surface area contributed by atoms with Gasteiger partial charge >= 0.3 is 11.8 Å². The van der Waals surface area contributed by atoms with E-state index in [0.29, 0.717) is 17.6 Å². The van der Waals surface area contributed by atoms with Gasteiger partial charge in [-0.15, -0.1) is 0 Å². The van der Waals surface area contributed by atoms with Crippen molar-refractivity contribution in [2.75, 3.05) is 13.6 Å². The Morgan fingerprint density at radius 2 is 2.24 bits per heavy atom. The van der Waals surface area contributed by atoms with Crippen LogP contribution >= 0.6 is 0 Å². The molecule has 2 amide bonds. The minimum absolute atomic E-state index is 0.0582. The fourth-order valence-electron chi connectivity index (χ4n) is 2.03. The summed E-state index contributed by atoms with van der Waals surface area (Å²) in [6.45, 7) is 0.610. The molecule has 1 fully saturated rings. The number of likely N-dealkylation sites (N-methyl/N-ethyl adjacent to an activating group) is 1. The van der Waals surface area contributed by atoms with Crippen LogP contribution in [0.1, 0.15) is 11.6 Å². The Morgan fingerprint density at radius 3 is 2.94 bits per heavy atom. The molecule has 3 rings (SSSR count). The van der Waals surface area contributed by atoms with Crippen molar-refractivity contribution in [3.05, 3.63) is 34.3 Å². The number of hydrogen-bond donors (Lipinski definition) is 2. The summed E-state index contributed by atoms with van der Waals surface area (Å²) in [5.74, 6) is -0.468. The number of H-pyrrole nitrogens is 1. The summed E-state index contributed by atoms with van der Waals surface area (Å²) in [4.78, 5) is 26.6. The third kappa shape index (κ3) is 1.57. The van der Waals surface area contributed by atoms with E-state index in [4.69, 9.17) is 4.42 Å². The lowest BCUT2D eigenvalue weighted by molar-refractivity contribution is 0.226. The second-order valence-corrected chi connectivity index (χ2v) is 4.15. The van der Waals surface area contributed by atoms with E-state index < -0.39 is 5.76 Å². The summed E-state index contributed by atoms with van der Waals surface area (Å²) in [6.07, 6.45) is 0. The van der Waals surface area contributed by atoms with Gasteiger partial charge in [0.15, 0.2) is 5.58 Å². The first-order valence-corrected chi connectivity index (χ1v) is 5.28. The first-order valence-electron chi connectivity index (χ1n) is 5.28. The summed E-state index contributed by atoms with van der Waals surface area (Å²) in [7, 11) is 1.74. The zero-order valence-corrected chi connectivity index (χ0v) is 9.19. The zero-order valence-electron chi connectivity index (χ0n) is 9.19.